The number of sulfonamides is 1. The van der Waals surface area contributed by atoms with E-state index in [1.54, 1.807) is 47.0 Å². The van der Waals surface area contributed by atoms with Crippen molar-refractivity contribution in [2.24, 2.45) is 11.1 Å². The zero-order valence-corrected chi connectivity index (χ0v) is 16.6. The van der Waals surface area contributed by atoms with Crippen molar-refractivity contribution in [3.05, 3.63) is 24.3 Å². The molecule has 0 fully saturated rings. The van der Waals surface area contributed by atoms with E-state index in [9.17, 15) is 8.42 Å². The van der Waals surface area contributed by atoms with Gasteiger partial charge in [-0.15, -0.1) is 10.2 Å². The highest BCUT2D eigenvalue weighted by Gasteiger charge is 2.08. The van der Waals surface area contributed by atoms with Gasteiger partial charge in [-0.25, -0.2) is 13.6 Å². The monoisotopic (exact) mass is 405 g/mol. The van der Waals surface area contributed by atoms with E-state index >= 15 is 0 Å². The Bertz CT molecular complexity index is 745. The molecule has 1 heterocycles. The van der Waals surface area contributed by atoms with Gasteiger partial charge >= 0.3 is 0 Å². The van der Waals surface area contributed by atoms with Gasteiger partial charge in [0.2, 0.25) is 10.0 Å². The van der Waals surface area contributed by atoms with Gasteiger partial charge in [-0.05, 0) is 30.2 Å². The van der Waals surface area contributed by atoms with Crippen LogP contribution in [-0.2, 0) is 10.0 Å². The summed E-state index contributed by atoms with van der Waals surface area (Å²) in [6.07, 6.45) is 0. The molecule has 0 saturated heterocycles. The predicted octanol–water partition coefficient (Wildman–Crippen LogP) is 3.10. The molecule has 10 heteroatoms. The fraction of sp³-hybridized carbons (Fsp3) is 0.429. The van der Waals surface area contributed by atoms with Crippen LogP contribution < -0.4 is 9.88 Å². The summed E-state index contributed by atoms with van der Waals surface area (Å²) in [6.45, 7) is 4.85. The first-order chi connectivity index (χ1) is 11.3. The second kappa shape index (κ2) is 9.04. The molecule has 24 heavy (non-hydrogen) atoms. The molecule has 2 rings (SSSR count). The molecule has 0 aliphatic rings. The molecule has 0 radical (unpaired) electrons. The molecule has 132 valence electrons. The molecule has 0 saturated carbocycles. The van der Waals surface area contributed by atoms with Crippen molar-refractivity contribution in [2.75, 3.05) is 18.1 Å². The molecule has 0 unspecified atom stereocenters. The lowest BCUT2D eigenvalue weighted by atomic mass is 10.3. The molecule has 1 aromatic heterocycles. The molecule has 2 N–H and O–H groups in total. The fourth-order valence-electron chi connectivity index (χ4n) is 1.57. The van der Waals surface area contributed by atoms with Gasteiger partial charge in [-0.3, -0.25) is 0 Å². The van der Waals surface area contributed by atoms with Crippen LogP contribution in [0.2, 0.25) is 0 Å². The maximum absolute atomic E-state index is 11.2. The Balaban J connectivity index is 1.73. The number of benzene rings is 1. The number of nitrogens with two attached hydrogens (primary N) is 1. The summed E-state index contributed by atoms with van der Waals surface area (Å²) in [7, 11) is -3.66. The van der Waals surface area contributed by atoms with E-state index in [1.807, 2.05) is 0 Å². The molecular weight excluding hydrogens is 386 g/mol. The maximum atomic E-state index is 11.2. The first-order valence-electron chi connectivity index (χ1n) is 7.19. The molecule has 0 aliphatic heterocycles. The van der Waals surface area contributed by atoms with Crippen LogP contribution in [0.5, 0.6) is 5.75 Å². The Kier molecular flexibility index (Phi) is 7.35. The Labute approximate surface area is 154 Å². The smallest absolute Gasteiger partial charge is 0.238 e. The molecule has 0 aliphatic carbocycles. The van der Waals surface area contributed by atoms with E-state index in [2.05, 4.69) is 24.0 Å². The van der Waals surface area contributed by atoms with Crippen molar-refractivity contribution in [2.45, 2.75) is 27.4 Å². The van der Waals surface area contributed by atoms with Crippen LogP contribution in [0, 0.1) is 5.92 Å². The normalized spacial score (nSPS) is 11.8. The number of rotatable bonds is 9. The van der Waals surface area contributed by atoms with E-state index in [4.69, 9.17) is 9.88 Å². The van der Waals surface area contributed by atoms with Crippen molar-refractivity contribution in [1.82, 2.24) is 10.2 Å². The van der Waals surface area contributed by atoms with Crippen molar-refractivity contribution in [1.29, 1.82) is 0 Å². The fourth-order valence-corrected chi connectivity index (χ4v) is 4.97. The van der Waals surface area contributed by atoms with Gasteiger partial charge in [0, 0.05) is 11.5 Å². The quantitative estimate of drug-likeness (QED) is 0.506. The summed E-state index contributed by atoms with van der Waals surface area (Å²) in [5, 5.41) is 13.4. The molecule has 0 spiro atoms. The lowest BCUT2D eigenvalue weighted by Gasteiger charge is -2.05. The summed E-state index contributed by atoms with van der Waals surface area (Å²) < 4.78 is 29.8. The van der Waals surface area contributed by atoms with Crippen LogP contribution in [0.15, 0.2) is 37.8 Å². The number of thioether (sulfide) groups is 2. The molecule has 0 atom stereocenters. The second-order valence-corrected chi connectivity index (χ2v) is 10.4. The summed E-state index contributed by atoms with van der Waals surface area (Å²) in [4.78, 5) is 0.0736. The Morgan fingerprint density at radius 2 is 1.79 bits per heavy atom. The SMILES string of the molecule is CC(C)CSc1nnc(SCCOc2ccc(S(N)(=O)=O)cc2)s1. The van der Waals surface area contributed by atoms with E-state index in [1.165, 1.54) is 12.1 Å². The highest BCUT2D eigenvalue weighted by Crippen LogP contribution is 2.29. The summed E-state index contributed by atoms with van der Waals surface area (Å²) in [5.74, 6) is 3.01. The lowest BCUT2D eigenvalue weighted by Crippen LogP contribution is -2.11. The zero-order valence-electron chi connectivity index (χ0n) is 13.3. The third kappa shape index (κ3) is 6.60. The highest BCUT2D eigenvalue weighted by molar-refractivity contribution is 8.03. The summed E-state index contributed by atoms with van der Waals surface area (Å²) in [5.41, 5.74) is 0. The predicted molar refractivity (Wildman–Crippen MR) is 99.5 cm³/mol. The zero-order chi connectivity index (χ0) is 17.6. The van der Waals surface area contributed by atoms with Crippen LogP contribution in [0.3, 0.4) is 0 Å². The first kappa shape index (κ1) is 19.5. The van der Waals surface area contributed by atoms with Gasteiger partial charge in [0.25, 0.3) is 0 Å². The molecule has 1 aromatic carbocycles. The lowest BCUT2D eigenvalue weighted by molar-refractivity contribution is 0.343. The standard InChI is InChI=1S/C14H19N3O3S4/c1-10(2)9-22-14-17-16-13(23-14)21-8-7-20-11-3-5-12(6-4-11)24(15,18)19/h3-6,10H,7-9H2,1-2H3,(H2,15,18,19). The van der Waals surface area contributed by atoms with Gasteiger partial charge < -0.3 is 4.74 Å². The third-order valence-corrected chi connectivity index (χ3v) is 7.17. The van der Waals surface area contributed by atoms with Crippen molar-refractivity contribution >= 4 is 44.9 Å². The first-order valence-corrected chi connectivity index (χ1v) is 11.5. The van der Waals surface area contributed by atoms with E-state index < -0.39 is 10.0 Å². The number of primary sulfonamides is 1. The average molecular weight is 406 g/mol. The molecular formula is C14H19N3O3S4. The number of ether oxygens (including phenoxy) is 1. The van der Waals surface area contributed by atoms with Crippen LogP contribution >= 0.6 is 34.9 Å². The van der Waals surface area contributed by atoms with Gasteiger partial charge in [0.15, 0.2) is 8.68 Å². The van der Waals surface area contributed by atoms with Crippen LogP contribution in [0.1, 0.15) is 13.8 Å². The van der Waals surface area contributed by atoms with E-state index in [-0.39, 0.29) is 4.90 Å². The van der Waals surface area contributed by atoms with Crippen LogP contribution in [0.4, 0.5) is 0 Å². The van der Waals surface area contributed by atoms with Crippen LogP contribution in [0.25, 0.3) is 0 Å². The highest BCUT2D eigenvalue weighted by atomic mass is 32.2. The Hall–Kier alpha value is -0.810. The topological polar surface area (TPSA) is 95.2 Å². The minimum atomic E-state index is -3.66. The summed E-state index contributed by atoms with van der Waals surface area (Å²) in [6, 6.07) is 6.05. The molecule has 0 bridgehead atoms. The van der Waals surface area contributed by atoms with Crippen molar-refractivity contribution < 1.29 is 13.2 Å². The maximum Gasteiger partial charge on any atom is 0.238 e. The minimum Gasteiger partial charge on any atom is -0.493 e. The molecule has 0 amide bonds. The number of aromatic nitrogens is 2. The van der Waals surface area contributed by atoms with Crippen molar-refractivity contribution in [3.8, 4) is 5.75 Å². The Morgan fingerprint density at radius 3 is 2.38 bits per heavy atom. The minimum absolute atomic E-state index is 0.0736. The Morgan fingerprint density at radius 1 is 1.17 bits per heavy atom. The molecule has 6 nitrogen and oxygen atoms in total. The van der Waals surface area contributed by atoms with Crippen LogP contribution in [-0.4, -0.2) is 36.7 Å². The molecule has 2 aromatic rings. The van der Waals surface area contributed by atoms with Gasteiger partial charge in [0.05, 0.1) is 11.5 Å². The number of nitrogens with zero attached hydrogens (tertiary/aromatic N) is 2. The number of hydrogen-bond acceptors (Lipinski definition) is 8. The van der Waals surface area contributed by atoms with Gasteiger partial charge in [0.1, 0.15) is 5.75 Å². The van der Waals surface area contributed by atoms with E-state index in [0.29, 0.717) is 18.3 Å². The summed E-state index contributed by atoms with van der Waals surface area (Å²) >= 11 is 4.92. The van der Waals surface area contributed by atoms with E-state index in [0.717, 1.165) is 20.2 Å². The average Bonchev–Trinajstić information content (AvgIpc) is 2.97. The second-order valence-electron chi connectivity index (χ2n) is 5.25. The largest absolute Gasteiger partial charge is 0.493 e. The number of hydrogen-bond donors (Lipinski definition) is 1. The third-order valence-electron chi connectivity index (χ3n) is 2.66. The van der Waals surface area contributed by atoms with Gasteiger partial charge in [-0.2, -0.15) is 0 Å². The van der Waals surface area contributed by atoms with Gasteiger partial charge in [-0.1, -0.05) is 48.7 Å². The van der Waals surface area contributed by atoms with Crippen molar-refractivity contribution in [3.63, 3.8) is 0 Å².